The van der Waals surface area contributed by atoms with Crippen molar-refractivity contribution in [2.45, 2.75) is 95.3 Å². The number of hydrogen-bond acceptors (Lipinski definition) is 5. The number of anilines is 1. The van der Waals surface area contributed by atoms with E-state index in [1.165, 1.54) is 51.4 Å². The Morgan fingerprint density at radius 2 is 1.67 bits per heavy atom. The number of amides is 3. The summed E-state index contributed by atoms with van der Waals surface area (Å²) in [5.41, 5.74) is 2.67. The summed E-state index contributed by atoms with van der Waals surface area (Å²) < 4.78 is 0. The second kappa shape index (κ2) is 9.84. The van der Waals surface area contributed by atoms with Gasteiger partial charge in [-0.25, -0.2) is 0 Å². The Balaban J connectivity index is 1.22. The van der Waals surface area contributed by atoms with E-state index in [1.54, 1.807) is 4.90 Å². The first-order chi connectivity index (χ1) is 16.1. The van der Waals surface area contributed by atoms with Crippen molar-refractivity contribution < 1.29 is 14.4 Å². The second-order valence-corrected chi connectivity index (χ2v) is 10.3. The Kier molecular flexibility index (Phi) is 6.67. The zero-order valence-corrected chi connectivity index (χ0v) is 19.4. The minimum atomic E-state index is -0.564. The van der Waals surface area contributed by atoms with Gasteiger partial charge in [0.2, 0.25) is 11.8 Å². The Labute approximate surface area is 196 Å². The number of nitrogens with zero attached hydrogens (tertiary/aromatic N) is 1. The van der Waals surface area contributed by atoms with Gasteiger partial charge >= 0.3 is 0 Å². The summed E-state index contributed by atoms with van der Waals surface area (Å²) in [6.45, 7) is 1.55. The maximum absolute atomic E-state index is 12.9. The van der Waals surface area contributed by atoms with Crippen LogP contribution < -0.4 is 16.0 Å². The zero-order valence-electron chi connectivity index (χ0n) is 19.4. The van der Waals surface area contributed by atoms with Crippen LogP contribution in [-0.4, -0.2) is 47.3 Å². The Morgan fingerprint density at radius 3 is 2.45 bits per heavy atom. The lowest BCUT2D eigenvalue weighted by Crippen LogP contribution is -2.52. The van der Waals surface area contributed by atoms with Crippen molar-refractivity contribution in [3.8, 4) is 0 Å². The van der Waals surface area contributed by atoms with E-state index in [9.17, 15) is 14.4 Å². The molecule has 7 nitrogen and oxygen atoms in total. The molecule has 3 fully saturated rings. The molecule has 178 valence electrons. The van der Waals surface area contributed by atoms with E-state index in [-0.39, 0.29) is 24.1 Å². The van der Waals surface area contributed by atoms with Crippen LogP contribution in [0.5, 0.6) is 0 Å². The molecule has 3 N–H and O–H groups in total. The normalized spacial score (nSPS) is 28.5. The monoisotopic (exact) mass is 452 g/mol. The van der Waals surface area contributed by atoms with Crippen molar-refractivity contribution in [3.05, 3.63) is 29.3 Å². The molecule has 0 spiro atoms. The van der Waals surface area contributed by atoms with Gasteiger partial charge in [0.05, 0.1) is 0 Å². The lowest BCUT2D eigenvalue weighted by molar-refractivity contribution is -0.136. The minimum absolute atomic E-state index is 0.115. The molecule has 1 aromatic carbocycles. The van der Waals surface area contributed by atoms with E-state index in [0.29, 0.717) is 30.6 Å². The molecule has 2 aliphatic heterocycles. The van der Waals surface area contributed by atoms with Crippen LogP contribution in [0.3, 0.4) is 0 Å². The maximum Gasteiger partial charge on any atom is 0.255 e. The van der Waals surface area contributed by atoms with E-state index < -0.39 is 6.04 Å². The number of carbonyl (C=O) groups is 3. The van der Waals surface area contributed by atoms with Crippen molar-refractivity contribution >= 4 is 23.4 Å². The average molecular weight is 453 g/mol. The van der Waals surface area contributed by atoms with Crippen LogP contribution >= 0.6 is 0 Å². The van der Waals surface area contributed by atoms with Gasteiger partial charge in [0.25, 0.3) is 5.91 Å². The highest BCUT2D eigenvalue weighted by atomic mass is 16.2. The van der Waals surface area contributed by atoms with Crippen molar-refractivity contribution in [2.75, 3.05) is 11.9 Å². The summed E-state index contributed by atoms with van der Waals surface area (Å²) in [7, 11) is 0. The van der Waals surface area contributed by atoms with Gasteiger partial charge < -0.3 is 15.5 Å². The molecule has 7 heteroatoms. The number of rotatable bonds is 6. The van der Waals surface area contributed by atoms with Gasteiger partial charge in [-0.15, -0.1) is 0 Å². The number of benzene rings is 1. The number of fused-ring (bicyclic) bond motifs is 1. The SMILES string of the molecule is O=C1CCC(N2Cc3cc(N[C@@H]4CCCC[C@@H]4NCC4CCCCC4)ccc3C2=O)C(=O)N1. The smallest absolute Gasteiger partial charge is 0.255 e. The fourth-order valence-electron chi connectivity index (χ4n) is 6.14. The van der Waals surface area contributed by atoms with E-state index in [2.05, 4.69) is 22.0 Å². The molecule has 1 aromatic rings. The standard InChI is InChI=1S/C26H36N4O3/c31-24-13-12-23(25(32)29-24)30-16-18-14-19(10-11-20(18)26(30)33)28-22-9-5-4-8-21(22)27-15-17-6-2-1-3-7-17/h10-11,14,17,21-23,27-28H,1-9,12-13,15-16H2,(H,29,31,32)/t21-,22+,23?/m0/s1. The molecule has 2 heterocycles. The molecule has 2 aliphatic carbocycles. The molecule has 1 unspecified atom stereocenters. The molecule has 4 aliphatic rings. The molecule has 2 saturated carbocycles. The predicted molar refractivity (Wildman–Crippen MR) is 127 cm³/mol. The summed E-state index contributed by atoms with van der Waals surface area (Å²) in [5, 5.41) is 10.0. The van der Waals surface area contributed by atoms with Gasteiger partial charge in [-0.1, -0.05) is 32.1 Å². The summed E-state index contributed by atoms with van der Waals surface area (Å²) >= 11 is 0. The van der Waals surface area contributed by atoms with Crippen molar-refractivity contribution in [2.24, 2.45) is 5.92 Å². The first-order valence-electron chi connectivity index (χ1n) is 12.9. The van der Waals surface area contributed by atoms with Crippen LogP contribution in [0.15, 0.2) is 18.2 Å². The molecule has 0 bridgehead atoms. The number of piperidine rings is 1. The molecule has 0 aromatic heterocycles. The molecule has 3 amide bonds. The van der Waals surface area contributed by atoms with Crippen LogP contribution in [0.4, 0.5) is 5.69 Å². The predicted octanol–water partition coefficient (Wildman–Crippen LogP) is 3.34. The third-order valence-electron chi connectivity index (χ3n) is 8.04. The first-order valence-corrected chi connectivity index (χ1v) is 12.9. The molecular weight excluding hydrogens is 416 g/mol. The third-order valence-corrected chi connectivity index (χ3v) is 8.04. The molecule has 0 radical (unpaired) electrons. The van der Waals surface area contributed by atoms with Crippen LogP contribution in [0.25, 0.3) is 0 Å². The fraction of sp³-hybridized carbons (Fsp3) is 0.654. The Morgan fingerprint density at radius 1 is 0.909 bits per heavy atom. The van der Waals surface area contributed by atoms with Crippen LogP contribution in [0, 0.1) is 5.92 Å². The molecule has 5 rings (SSSR count). The van der Waals surface area contributed by atoms with E-state index in [4.69, 9.17) is 0 Å². The van der Waals surface area contributed by atoms with Gasteiger partial charge in [0, 0.05) is 36.3 Å². The zero-order chi connectivity index (χ0) is 22.8. The highest BCUT2D eigenvalue weighted by Crippen LogP contribution is 2.31. The largest absolute Gasteiger partial charge is 0.381 e. The lowest BCUT2D eigenvalue weighted by Gasteiger charge is -2.35. The van der Waals surface area contributed by atoms with E-state index >= 15 is 0 Å². The quantitative estimate of drug-likeness (QED) is 0.576. The van der Waals surface area contributed by atoms with Gasteiger partial charge in [-0.05, 0) is 68.3 Å². The van der Waals surface area contributed by atoms with Crippen LogP contribution in [-0.2, 0) is 16.1 Å². The van der Waals surface area contributed by atoms with E-state index in [1.807, 2.05) is 12.1 Å². The van der Waals surface area contributed by atoms with Gasteiger partial charge in [0.1, 0.15) is 6.04 Å². The highest BCUT2D eigenvalue weighted by molar-refractivity contribution is 6.05. The minimum Gasteiger partial charge on any atom is -0.381 e. The van der Waals surface area contributed by atoms with E-state index in [0.717, 1.165) is 30.1 Å². The van der Waals surface area contributed by atoms with Gasteiger partial charge in [0.15, 0.2) is 0 Å². The lowest BCUT2D eigenvalue weighted by atomic mass is 9.87. The van der Waals surface area contributed by atoms with Gasteiger partial charge in [-0.2, -0.15) is 0 Å². The second-order valence-electron chi connectivity index (χ2n) is 10.3. The van der Waals surface area contributed by atoms with Crippen molar-refractivity contribution in [3.63, 3.8) is 0 Å². The average Bonchev–Trinajstić information content (AvgIpc) is 3.14. The van der Waals surface area contributed by atoms with Crippen LogP contribution in [0.2, 0.25) is 0 Å². The maximum atomic E-state index is 12.9. The van der Waals surface area contributed by atoms with Gasteiger partial charge in [-0.3, -0.25) is 19.7 Å². The number of nitrogens with one attached hydrogen (secondary N) is 3. The number of hydrogen-bond donors (Lipinski definition) is 3. The van der Waals surface area contributed by atoms with Crippen molar-refractivity contribution in [1.82, 2.24) is 15.5 Å². The molecule has 1 saturated heterocycles. The molecular formula is C26H36N4O3. The van der Waals surface area contributed by atoms with Crippen molar-refractivity contribution in [1.29, 1.82) is 0 Å². The number of imide groups is 1. The Bertz CT molecular complexity index is 911. The molecule has 33 heavy (non-hydrogen) atoms. The third kappa shape index (κ3) is 4.93. The molecule has 3 atom stereocenters. The number of carbonyl (C=O) groups excluding carboxylic acids is 3. The highest BCUT2D eigenvalue weighted by Gasteiger charge is 2.39. The summed E-state index contributed by atoms with van der Waals surface area (Å²) in [6.07, 6.45) is 12.4. The Hall–Kier alpha value is -2.41. The van der Waals surface area contributed by atoms with Crippen LogP contribution in [0.1, 0.15) is 86.6 Å². The fourth-order valence-corrected chi connectivity index (χ4v) is 6.14. The summed E-state index contributed by atoms with van der Waals surface area (Å²) in [4.78, 5) is 38.3. The first kappa shape index (κ1) is 22.4. The topological polar surface area (TPSA) is 90.5 Å². The summed E-state index contributed by atoms with van der Waals surface area (Å²) in [6, 6.07) is 6.27. The summed E-state index contributed by atoms with van der Waals surface area (Å²) in [5.74, 6) is 0.0900.